The molecule has 0 aromatic heterocycles. The summed E-state index contributed by atoms with van der Waals surface area (Å²) in [6.07, 6.45) is -4.71. The number of benzene rings is 1. The van der Waals surface area contributed by atoms with Crippen molar-refractivity contribution < 1.29 is 22.0 Å². The van der Waals surface area contributed by atoms with Crippen molar-refractivity contribution in [1.29, 1.82) is 0 Å². The van der Waals surface area contributed by atoms with Crippen LogP contribution in [0, 0.1) is 11.6 Å². The summed E-state index contributed by atoms with van der Waals surface area (Å²) in [5, 5.41) is 0. The van der Waals surface area contributed by atoms with Crippen LogP contribution in [0.1, 0.15) is 11.6 Å². The van der Waals surface area contributed by atoms with Crippen molar-refractivity contribution in [3.8, 4) is 0 Å². The average molecular weight is 211 g/mol. The molecule has 0 saturated carbocycles. The molecule has 0 bridgehead atoms. The first kappa shape index (κ1) is 10.9. The molecule has 1 rings (SSSR count). The Labute approximate surface area is 76.3 Å². The number of hydrogen-bond donors (Lipinski definition) is 1. The Morgan fingerprint density at radius 3 is 1.79 bits per heavy atom. The second-order valence-corrected chi connectivity index (χ2v) is 2.72. The van der Waals surface area contributed by atoms with Gasteiger partial charge in [-0.3, -0.25) is 0 Å². The molecule has 1 aromatic carbocycles. The zero-order chi connectivity index (χ0) is 10.9. The van der Waals surface area contributed by atoms with Gasteiger partial charge in [0.2, 0.25) is 0 Å². The highest BCUT2D eigenvalue weighted by Gasteiger charge is 2.38. The lowest BCUT2D eigenvalue weighted by Crippen LogP contribution is -2.28. The van der Waals surface area contributed by atoms with E-state index < -0.39 is 29.4 Å². The fraction of sp³-hybridized carbons (Fsp3) is 0.250. The van der Waals surface area contributed by atoms with E-state index in [2.05, 4.69) is 0 Å². The Morgan fingerprint density at radius 1 is 1.00 bits per heavy atom. The van der Waals surface area contributed by atoms with E-state index in [1.54, 1.807) is 0 Å². The van der Waals surface area contributed by atoms with Gasteiger partial charge in [-0.2, -0.15) is 13.2 Å². The van der Waals surface area contributed by atoms with Crippen molar-refractivity contribution in [3.63, 3.8) is 0 Å². The van der Waals surface area contributed by atoms with E-state index in [0.717, 1.165) is 0 Å². The number of hydrogen-bond acceptors (Lipinski definition) is 1. The minimum Gasteiger partial charge on any atom is -0.316 e. The molecule has 1 atom stereocenters. The largest absolute Gasteiger partial charge is 0.407 e. The van der Waals surface area contributed by atoms with Crippen LogP contribution in [0.3, 0.4) is 0 Å². The lowest BCUT2D eigenvalue weighted by atomic mass is 10.1. The summed E-state index contributed by atoms with van der Waals surface area (Å²) in [5.74, 6) is -2.17. The Morgan fingerprint density at radius 2 is 1.43 bits per heavy atom. The van der Waals surface area contributed by atoms with Crippen LogP contribution < -0.4 is 5.73 Å². The van der Waals surface area contributed by atoms with Gasteiger partial charge in [0.25, 0.3) is 0 Å². The average Bonchev–Trinajstić information content (AvgIpc) is 1.99. The van der Waals surface area contributed by atoms with Crippen LogP contribution in [0.15, 0.2) is 18.2 Å². The highest BCUT2D eigenvalue weighted by Crippen LogP contribution is 2.30. The molecule has 1 unspecified atom stereocenters. The second kappa shape index (κ2) is 3.53. The first-order valence-corrected chi connectivity index (χ1v) is 3.59. The molecule has 78 valence electrons. The standard InChI is InChI=1S/C8H6F5N/c9-5-1-4(2-6(10)3-5)7(14)8(11,12)13/h1-3,7H,14H2. The maximum atomic E-state index is 12.5. The molecule has 0 aliphatic rings. The molecule has 1 nitrogen and oxygen atoms in total. The van der Waals surface area contributed by atoms with E-state index in [9.17, 15) is 22.0 Å². The normalized spacial score (nSPS) is 14.1. The molecule has 0 amide bonds. The van der Waals surface area contributed by atoms with Crippen LogP contribution in [0.4, 0.5) is 22.0 Å². The molecule has 2 N–H and O–H groups in total. The maximum absolute atomic E-state index is 12.5. The monoisotopic (exact) mass is 211 g/mol. The molecular formula is C8H6F5N. The van der Waals surface area contributed by atoms with Gasteiger partial charge in [0, 0.05) is 6.07 Å². The molecule has 0 heterocycles. The van der Waals surface area contributed by atoms with Gasteiger partial charge in [-0.25, -0.2) is 8.78 Å². The van der Waals surface area contributed by atoms with Crippen LogP contribution in [0.25, 0.3) is 0 Å². The predicted octanol–water partition coefficient (Wildman–Crippen LogP) is 2.53. The van der Waals surface area contributed by atoms with Crippen molar-refractivity contribution in [2.45, 2.75) is 12.2 Å². The first-order valence-electron chi connectivity index (χ1n) is 3.59. The number of rotatable bonds is 1. The molecule has 1 aromatic rings. The maximum Gasteiger partial charge on any atom is 0.407 e. The summed E-state index contributed by atoms with van der Waals surface area (Å²) in [6, 6.07) is -0.776. The lowest BCUT2D eigenvalue weighted by molar-refractivity contribution is -0.149. The van der Waals surface area contributed by atoms with Crippen LogP contribution in [0.5, 0.6) is 0 Å². The Hall–Kier alpha value is -1.17. The molecular weight excluding hydrogens is 205 g/mol. The van der Waals surface area contributed by atoms with E-state index in [0.29, 0.717) is 18.2 Å². The summed E-state index contributed by atoms with van der Waals surface area (Å²) >= 11 is 0. The van der Waals surface area contributed by atoms with Gasteiger partial charge in [-0.1, -0.05) is 0 Å². The van der Waals surface area contributed by atoms with E-state index in [4.69, 9.17) is 5.73 Å². The first-order chi connectivity index (χ1) is 6.30. The van der Waals surface area contributed by atoms with Gasteiger partial charge in [0.1, 0.15) is 17.7 Å². The van der Waals surface area contributed by atoms with E-state index in [-0.39, 0.29) is 0 Å². The Kier molecular flexibility index (Phi) is 2.75. The van der Waals surface area contributed by atoms with Crippen molar-refractivity contribution >= 4 is 0 Å². The molecule has 0 saturated heterocycles. The van der Waals surface area contributed by atoms with Crippen LogP contribution in [-0.4, -0.2) is 6.18 Å². The summed E-state index contributed by atoms with van der Waals surface area (Å²) in [6.45, 7) is 0. The number of halogens is 5. The summed E-state index contributed by atoms with van der Waals surface area (Å²) in [4.78, 5) is 0. The SMILES string of the molecule is NC(c1cc(F)cc(F)c1)C(F)(F)F. The van der Waals surface area contributed by atoms with Gasteiger partial charge in [0.15, 0.2) is 0 Å². The molecule has 0 fully saturated rings. The summed E-state index contributed by atoms with van der Waals surface area (Å²) in [7, 11) is 0. The van der Waals surface area contributed by atoms with Gasteiger partial charge >= 0.3 is 6.18 Å². The molecule has 0 radical (unpaired) electrons. The second-order valence-electron chi connectivity index (χ2n) is 2.72. The fourth-order valence-electron chi connectivity index (χ4n) is 0.944. The van der Waals surface area contributed by atoms with Crippen molar-refractivity contribution in [3.05, 3.63) is 35.4 Å². The predicted molar refractivity (Wildman–Crippen MR) is 39.3 cm³/mol. The van der Waals surface area contributed by atoms with Gasteiger partial charge in [0.05, 0.1) is 0 Å². The molecule has 0 spiro atoms. The zero-order valence-electron chi connectivity index (χ0n) is 6.78. The van der Waals surface area contributed by atoms with Crippen molar-refractivity contribution in [2.24, 2.45) is 5.73 Å². The van der Waals surface area contributed by atoms with E-state index in [1.165, 1.54) is 0 Å². The third-order valence-electron chi connectivity index (χ3n) is 1.60. The summed E-state index contributed by atoms with van der Waals surface area (Å²) < 4.78 is 61.1. The number of alkyl halides is 3. The van der Waals surface area contributed by atoms with Gasteiger partial charge in [-0.05, 0) is 17.7 Å². The van der Waals surface area contributed by atoms with Crippen molar-refractivity contribution in [1.82, 2.24) is 0 Å². The zero-order valence-corrected chi connectivity index (χ0v) is 6.78. The molecule has 0 aliphatic heterocycles. The minimum atomic E-state index is -4.71. The quantitative estimate of drug-likeness (QED) is 0.709. The topological polar surface area (TPSA) is 26.0 Å². The third-order valence-corrected chi connectivity index (χ3v) is 1.60. The molecule has 14 heavy (non-hydrogen) atoms. The van der Waals surface area contributed by atoms with Crippen LogP contribution in [0.2, 0.25) is 0 Å². The smallest absolute Gasteiger partial charge is 0.316 e. The lowest BCUT2D eigenvalue weighted by Gasteiger charge is -2.15. The minimum absolute atomic E-state index is 0.479. The highest BCUT2D eigenvalue weighted by atomic mass is 19.4. The Bertz CT molecular complexity index is 313. The van der Waals surface area contributed by atoms with Crippen LogP contribution in [-0.2, 0) is 0 Å². The van der Waals surface area contributed by atoms with Gasteiger partial charge in [-0.15, -0.1) is 0 Å². The summed E-state index contributed by atoms with van der Waals surface area (Å²) in [5.41, 5.74) is 4.12. The fourth-order valence-corrected chi connectivity index (χ4v) is 0.944. The molecule has 0 aliphatic carbocycles. The van der Waals surface area contributed by atoms with E-state index in [1.807, 2.05) is 0 Å². The molecule has 6 heteroatoms. The van der Waals surface area contributed by atoms with Crippen molar-refractivity contribution in [2.75, 3.05) is 0 Å². The third kappa shape index (κ3) is 2.41. The Balaban J connectivity index is 3.07. The van der Waals surface area contributed by atoms with Gasteiger partial charge < -0.3 is 5.73 Å². The van der Waals surface area contributed by atoms with Crippen LogP contribution >= 0.6 is 0 Å². The van der Waals surface area contributed by atoms with E-state index >= 15 is 0 Å². The highest BCUT2D eigenvalue weighted by molar-refractivity contribution is 5.22. The number of nitrogens with two attached hydrogens (primary N) is 1.